The number of hydrogen-bond acceptors (Lipinski definition) is 2. The summed E-state index contributed by atoms with van der Waals surface area (Å²) in [5, 5.41) is 10.3. The average molecular weight is 222 g/mol. The van der Waals surface area contributed by atoms with E-state index in [0.29, 0.717) is 12.0 Å². The summed E-state index contributed by atoms with van der Waals surface area (Å²) in [6.07, 6.45) is 6.21. The van der Waals surface area contributed by atoms with Crippen LogP contribution in [0.15, 0.2) is 30.4 Å². The largest absolute Gasteiger partial charge is 0.494 e. The average Bonchev–Trinajstić information content (AvgIpc) is 2.30. The number of halogens is 1. The van der Waals surface area contributed by atoms with Gasteiger partial charge in [0.2, 0.25) is 0 Å². The molecule has 0 saturated heterocycles. The number of ether oxygens (including phenoxy) is 1. The first kappa shape index (κ1) is 11.1. The van der Waals surface area contributed by atoms with Crippen molar-refractivity contribution in [1.29, 1.82) is 0 Å². The van der Waals surface area contributed by atoms with Crippen molar-refractivity contribution in [3.05, 3.63) is 41.7 Å². The van der Waals surface area contributed by atoms with Crippen LogP contribution < -0.4 is 4.74 Å². The molecule has 0 aliphatic heterocycles. The van der Waals surface area contributed by atoms with E-state index in [1.807, 2.05) is 6.08 Å². The molecule has 0 saturated carbocycles. The lowest BCUT2D eigenvalue weighted by Gasteiger charge is -2.28. The predicted molar refractivity (Wildman–Crippen MR) is 59.8 cm³/mol. The SMILES string of the molecule is COc1ccc(C2(O)C=CCCC2)cc1F. The summed E-state index contributed by atoms with van der Waals surface area (Å²) in [5.41, 5.74) is -0.438. The first-order valence-electron chi connectivity index (χ1n) is 5.40. The lowest BCUT2D eigenvalue weighted by Crippen LogP contribution is -2.24. The Morgan fingerprint density at radius 2 is 2.25 bits per heavy atom. The number of hydrogen-bond donors (Lipinski definition) is 1. The Hall–Kier alpha value is -1.35. The molecule has 0 amide bonds. The Labute approximate surface area is 94.4 Å². The van der Waals surface area contributed by atoms with Crippen LogP contribution in [0.5, 0.6) is 5.75 Å². The number of allylic oxidation sites excluding steroid dienone is 1. The number of methoxy groups -OCH3 is 1. The zero-order valence-electron chi connectivity index (χ0n) is 9.24. The third-order valence-electron chi connectivity index (χ3n) is 2.97. The minimum atomic E-state index is -1.02. The summed E-state index contributed by atoms with van der Waals surface area (Å²) in [6, 6.07) is 4.59. The molecule has 3 heteroatoms. The van der Waals surface area contributed by atoms with Gasteiger partial charge in [0.15, 0.2) is 11.6 Å². The summed E-state index contributed by atoms with van der Waals surface area (Å²) in [5.74, 6) is -0.237. The summed E-state index contributed by atoms with van der Waals surface area (Å²) in [7, 11) is 1.42. The highest BCUT2D eigenvalue weighted by molar-refractivity contribution is 5.35. The van der Waals surface area contributed by atoms with E-state index in [9.17, 15) is 9.50 Å². The van der Waals surface area contributed by atoms with Gasteiger partial charge in [-0.25, -0.2) is 4.39 Å². The van der Waals surface area contributed by atoms with Crippen LogP contribution in [0.3, 0.4) is 0 Å². The minimum Gasteiger partial charge on any atom is -0.494 e. The second kappa shape index (κ2) is 4.26. The lowest BCUT2D eigenvalue weighted by atomic mass is 9.84. The van der Waals surface area contributed by atoms with E-state index in [4.69, 9.17) is 4.74 Å². The highest BCUT2D eigenvalue weighted by atomic mass is 19.1. The number of rotatable bonds is 2. The molecule has 1 aromatic rings. The summed E-state index contributed by atoms with van der Waals surface area (Å²) in [4.78, 5) is 0. The maximum atomic E-state index is 13.5. The third-order valence-corrected chi connectivity index (χ3v) is 2.97. The van der Waals surface area contributed by atoms with E-state index < -0.39 is 11.4 Å². The fourth-order valence-corrected chi connectivity index (χ4v) is 2.03. The first-order valence-corrected chi connectivity index (χ1v) is 5.40. The summed E-state index contributed by atoms with van der Waals surface area (Å²) in [6.45, 7) is 0. The Kier molecular flexibility index (Phi) is 2.97. The zero-order chi connectivity index (χ0) is 11.6. The molecule has 0 radical (unpaired) electrons. The molecule has 0 fully saturated rings. The molecule has 2 nitrogen and oxygen atoms in total. The molecule has 1 unspecified atom stereocenters. The van der Waals surface area contributed by atoms with Crippen LogP contribution in [0.1, 0.15) is 24.8 Å². The van der Waals surface area contributed by atoms with Gasteiger partial charge in [0.1, 0.15) is 5.60 Å². The highest BCUT2D eigenvalue weighted by Crippen LogP contribution is 2.34. The van der Waals surface area contributed by atoms with Crippen LogP contribution in [0.4, 0.5) is 4.39 Å². The van der Waals surface area contributed by atoms with E-state index >= 15 is 0 Å². The van der Waals surface area contributed by atoms with Crippen molar-refractivity contribution < 1.29 is 14.2 Å². The molecule has 0 bridgehead atoms. The van der Waals surface area contributed by atoms with E-state index in [-0.39, 0.29) is 5.75 Å². The zero-order valence-corrected chi connectivity index (χ0v) is 9.24. The molecular formula is C13H15FO2. The molecule has 1 atom stereocenters. The second-order valence-electron chi connectivity index (χ2n) is 4.07. The maximum Gasteiger partial charge on any atom is 0.165 e. The maximum absolute atomic E-state index is 13.5. The molecule has 0 heterocycles. The van der Waals surface area contributed by atoms with Crippen molar-refractivity contribution >= 4 is 0 Å². The standard InChI is InChI=1S/C13H15FO2/c1-16-12-6-5-10(9-11(12)14)13(15)7-3-2-4-8-13/h3,5-7,9,15H,2,4,8H2,1H3. The quantitative estimate of drug-likeness (QED) is 0.780. The van der Waals surface area contributed by atoms with Gasteiger partial charge in [-0.2, -0.15) is 0 Å². The fraction of sp³-hybridized carbons (Fsp3) is 0.385. The number of benzene rings is 1. The Balaban J connectivity index is 2.37. The molecule has 2 rings (SSSR count). The third kappa shape index (κ3) is 1.95. The van der Waals surface area contributed by atoms with E-state index in [2.05, 4.69) is 0 Å². The van der Waals surface area contributed by atoms with Crippen LogP contribution in [0, 0.1) is 5.82 Å². The Morgan fingerprint density at radius 3 is 2.81 bits per heavy atom. The number of aliphatic hydroxyl groups is 1. The van der Waals surface area contributed by atoms with Gasteiger partial charge in [0.05, 0.1) is 7.11 Å². The summed E-state index contributed by atoms with van der Waals surface area (Å²) < 4.78 is 18.4. The van der Waals surface area contributed by atoms with Crippen LogP contribution in [-0.4, -0.2) is 12.2 Å². The van der Waals surface area contributed by atoms with Crippen molar-refractivity contribution in [3.8, 4) is 5.75 Å². The van der Waals surface area contributed by atoms with E-state index in [1.54, 1.807) is 18.2 Å². The van der Waals surface area contributed by atoms with Gasteiger partial charge in [0.25, 0.3) is 0 Å². The molecule has 0 spiro atoms. The molecule has 1 aliphatic rings. The molecule has 1 aromatic carbocycles. The fourth-order valence-electron chi connectivity index (χ4n) is 2.03. The summed E-state index contributed by atoms with van der Waals surface area (Å²) >= 11 is 0. The van der Waals surface area contributed by atoms with Crippen molar-refractivity contribution in [3.63, 3.8) is 0 Å². The van der Waals surface area contributed by atoms with Crippen LogP contribution in [0.25, 0.3) is 0 Å². The van der Waals surface area contributed by atoms with Crippen molar-refractivity contribution in [1.82, 2.24) is 0 Å². The first-order chi connectivity index (χ1) is 7.65. The minimum absolute atomic E-state index is 0.201. The Morgan fingerprint density at radius 1 is 1.44 bits per heavy atom. The predicted octanol–water partition coefficient (Wildman–Crippen LogP) is 2.76. The van der Waals surface area contributed by atoms with Gasteiger partial charge < -0.3 is 9.84 Å². The van der Waals surface area contributed by atoms with Gasteiger partial charge >= 0.3 is 0 Å². The smallest absolute Gasteiger partial charge is 0.165 e. The van der Waals surface area contributed by atoms with Gasteiger partial charge in [-0.3, -0.25) is 0 Å². The lowest BCUT2D eigenvalue weighted by molar-refractivity contribution is 0.0722. The van der Waals surface area contributed by atoms with Gasteiger partial charge in [-0.15, -0.1) is 0 Å². The topological polar surface area (TPSA) is 29.5 Å². The van der Waals surface area contributed by atoms with Crippen molar-refractivity contribution in [2.24, 2.45) is 0 Å². The second-order valence-corrected chi connectivity index (χ2v) is 4.07. The van der Waals surface area contributed by atoms with Crippen LogP contribution in [0.2, 0.25) is 0 Å². The molecule has 1 N–H and O–H groups in total. The van der Waals surface area contributed by atoms with E-state index in [1.165, 1.54) is 13.2 Å². The van der Waals surface area contributed by atoms with Crippen molar-refractivity contribution in [2.45, 2.75) is 24.9 Å². The van der Waals surface area contributed by atoms with Crippen LogP contribution >= 0.6 is 0 Å². The van der Waals surface area contributed by atoms with Gasteiger partial charge in [0, 0.05) is 0 Å². The normalized spacial score (nSPS) is 24.4. The Bertz CT molecular complexity index is 414. The van der Waals surface area contributed by atoms with Crippen LogP contribution in [-0.2, 0) is 5.60 Å². The molecule has 86 valence electrons. The molecule has 1 aliphatic carbocycles. The monoisotopic (exact) mass is 222 g/mol. The van der Waals surface area contributed by atoms with Crippen molar-refractivity contribution in [2.75, 3.05) is 7.11 Å². The molecule has 0 aromatic heterocycles. The highest BCUT2D eigenvalue weighted by Gasteiger charge is 2.28. The van der Waals surface area contributed by atoms with E-state index in [0.717, 1.165) is 12.8 Å². The molecular weight excluding hydrogens is 207 g/mol. The van der Waals surface area contributed by atoms with Gasteiger partial charge in [-0.1, -0.05) is 18.2 Å². The van der Waals surface area contributed by atoms with Gasteiger partial charge in [-0.05, 0) is 37.0 Å². The molecule has 16 heavy (non-hydrogen) atoms.